The normalized spacial score (nSPS) is 8.94. The van der Waals surface area contributed by atoms with E-state index in [1.165, 1.54) is 0 Å². The smallest absolute Gasteiger partial charge is 0.313 e. The summed E-state index contributed by atoms with van der Waals surface area (Å²) in [7, 11) is 0. The number of hydrogen-bond acceptors (Lipinski definition) is 3. The van der Waals surface area contributed by atoms with Crippen molar-refractivity contribution in [2.75, 3.05) is 6.61 Å². The molecule has 0 saturated heterocycles. The average Bonchev–Trinajstić information content (AvgIpc) is 2.32. The fourth-order valence-electron chi connectivity index (χ4n) is 1.13. The number of esters is 1. The number of carbonyl (C=O) groups excluding carboxylic acids is 2. The number of rotatable bonds is 4. The third-order valence-corrected chi connectivity index (χ3v) is 2.11. The van der Waals surface area contributed by atoms with E-state index in [0.29, 0.717) is 10.6 Å². The second kappa shape index (κ2) is 8.76. The summed E-state index contributed by atoms with van der Waals surface area (Å²) in [5.41, 5.74) is 0.354. The van der Waals surface area contributed by atoms with Gasteiger partial charge in [0.1, 0.15) is 6.42 Å². The van der Waals surface area contributed by atoms with Crippen LogP contribution in [0.5, 0.6) is 0 Å². The Kier molecular flexibility index (Phi) is 8.07. The zero-order valence-corrected chi connectivity index (χ0v) is 11.1. The lowest BCUT2D eigenvalue weighted by atomic mass is 10.1. The summed E-state index contributed by atoms with van der Waals surface area (Å²) in [4.78, 5) is 22.6. The Labute approximate surface area is 107 Å². The van der Waals surface area contributed by atoms with E-state index in [4.69, 9.17) is 11.6 Å². The SMILES string of the molecule is CC.CCOC(=O)CC(=O)c1ccccc1Cl. The predicted molar refractivity (Wildman–Crippen MR) is 68.4 cm³/mol. The van der Waals surface area contributed by atoms with Gasteiger partial charge in [0, 0.05) is 5.56 Å². The van der Waals surface area contributed by atoms with Crippen LogP contribution in [0.25, 0.3) is 0 Å². The number of halogens is 1. The highest BCUT2D eigenvalue weighted by Crippen LogP contribution is 2.16. The molecule has 0 aliphatic rings. The van der Waals surface area contributed by atoms with Crippen LogP contribution in [-0.2, 0) is 9.53 Å². The predicted octanol–water partition coefficient (Wildman–Crippen LogP) is 3.50. The maximum atomic E-state index is 11.6. The average molecular weight is 257 g/mol. The molecule has 1 aromatic rings. The summed E-state index contributed by atoms with van der Waals surface area (Å²) >= 11 is 5.81. The van der Waals surface area contributed by atoms with Crippen molar-refractivity contribution in [3.05, 3.63) is 34.9 Å². The van der Waals surface area contributed by atoms with Crippen molar-refractivity contribution in [2.45, 2.75) is 27.2 Å². The minimum Gasteiger partial charge on any atom is -0.466 e. The Bertz CT molecular complexity index is 375. The molecule has 0 N–H and O–H groups in total. The molecule has 0 bridgehead atoms. The molecule has 3 nitrogen and oxygen atoms in total. The highest BCUT2D eigenvalue weighted by Gasteiger charge is 2.14. The van der Waals surface area contributed by atoms with E-state index in [2.05, 4.69) is 4.74 Å². The van der Waals surface area contributed by atoms with Crippen molar-refractivity contribution in [3.8, 4) is 0 Å². The summed E-state index contributed by atoms with van der Waals surface area (Å²) in [6.07, 6.45) is -0.266. The molecule has 0 fully saturated rings. The fraction of sp³-hybridized carbons (Fsp3) is 0.385. The molecule has 0 amide bonds. The molecule has 1 rings (SSSR count). The fourth-order valence-corrected chi connectivity index (χ4v) is 1.37. The van der Waals surface area contributed by atoms with Crippen LogP contribution < -0.4 is 0 Å². The lowest BCUT2D eigenvalue weighted by Gasteiger charge is -2.02. The van der Waals surface area contributed by atoms with Gasteiger partial charge in [0.05, 0.1) is 11.6 Å². The molecule has 94 valence electrons. The van der Waals surface area contributed by atoms with Crippen LogP contribution in [-0.4, -0.2) is 18.4 Å². The molecule has 17 heavy (non-hydrogen) atoms. The number of carbonyl (C=O) groups is 2. The number of hydrogen-bond donors (Lipinski definition) is 0. The van der Waals surface area contributed by atoms with Crippen molar-refractivity contribution >= 4 is 23.4 Å². The summed E-state index contributed by atoms with van der Waals surface area (Å²) in [5.74, 6) is -0.846. The number of ether oxygens (including phenoxy) is 1. The van der Waals surface area contributed by atoms with Crippen LogP contribution in [0.2, 0.25) is 5.02 Å². The van der Waals surface area contributed by atoms with Crippen molar-refractivity contribution in [3.63, 3.8) is 0 Å². The topological polar surface area (TPSA) is 43.4 Å². The maximum absolute atomic E-state index is 11.6. The Morgan fingerprint density at radius 1 is 1.24 bits per heavy atom. The summed E-state index contributed by atoms with van der Waals surface area (Å²) in [5, 5.41) is 0.354. The number of ketones is 1. The molecule has 4 heteroatoms. The molecule has 1 aromatic carbocycles. The highest BCUT2D eigenvalue weighted by molar-refractivity contribution is 6.34. The van der Waals surface area contributed by atoms with Crippen molar-refractivity contribution < 1.29 is 14.3 Å². The lowest BCUT2D eigenvalue weighted by Crippen LogP contribution is -2.11. The van der Waals surface area contributed by atoms with E-state index in [-0.39, 0.29) is 18.8 Å². The zero-order valence-electron chi connectivity index (χ0n) is 10.3. The van der Waals surface area contributed by atoms with Crippen LogP contribution in [0.15, 0.2) is 24.3 Å². The van der Waals surface area contributed by atoms with Crippen molar-refractivity contribution in [1.82, 2.24) is 0 Å². The summed E-state index contributed by atoms with van der Waals surface area (Å²) in [6, 6.07) is 6.62. The van der Waals surface area contributed by atoms with Crippen molar-refractivity contribution in [1.29, 1.82) is 0 Å². The number of benzene rings is 1. The molecule has 0 saturated carbocycles. The van der Waals surface area contributed by atoms with Gasteiger partial charge in [0.2, 0.25) is 0 Å². The van der Waals surface area contributed by atoms with E-state index >= 15 is 0 Å². The van der Waals surface area contributed by atoms with Gasteiger partial charge >= 0.3 is 5.97 Å². The van der Waals surface area contributed by atoms with Crippen LogP contribution in [0, 0.1) is 0 Å². The molecule has 0 heterocycles. The van der Waals surface area contributed by atoms with Gasteiger partial charge in [-0.05, 0) is 19.1 Å². The van der Waals surface area contributed by atoms with E-state index in [1.54, 1.807) is 31.2 Å². The standard InChI is InChI=1S/C11H11ClO3.C2H6/c1-2-15-11(14)7-10(13)8-5-3-4-6-9(8)12;1-2/h3-6H,2,7H2,1H3;1-2H3. The van der Waals surface area contributed by atoms with Gasteiger partial charge < -0.3 is 4.74 Å². The first kappa shape index (κ1) is 15.7. The molecule has 0 atom stereocenters. The van der Waals surface area contributed by atoms with Crippen LogP contribution in [0.4, 0.5) is 0 Å². The Hall–Kier alpha value is -1.35. The second-order valence-corrected chi connectivity index (χ2v) is 3.29. The molecule has 0 spiro atoms. The molecule has 0 unspecified atom stereocenters. The van der Waals surface area contributed by atoms with E-state index in [1.807, 2.05) is 13.8 Å². The van der Waals surface area contributed by atoms with Gasteiger partial charge in [-0.15, -0.1) is 0 Å². The zero-order chi connectivity index (χ0) is 13.3. The minimum atomic E-state index is -0.526. The molecular formula is C13H17ClO3. The van der Waals surface area contributed by atoms with Gasteiger partial charge in [-0.2, -0.15) is 0 Å². The van der Waals surface area contributed by atoms with Gasteiger partial charge in [0.25, 0.3) is 0 Å². The van der Waals surface area contributed by atoms with Crippen LogP contribution in [0.1, 0.15) is 37.6 Å². The van der Waals surface area contributed by atoms with E-state index in [9.17, 15) is 9.59 Å². The van der Waals surface area contributed by atoms with Crippen LogP contribution >= 0.6 is 11.6 Å². The lowest BCUT2D eigenvalue weighted by molar-refractivity contribution is -0.141. The van der Waals surface area contributed by atoms with Gasteiger partial charge in [0.15, 0.2) is 5.78 Å². The Balaban J connectivity index is 0.00000121. The molecular weight excluding hydrogens is 240 g/mol. The Morgan fingerprint density at radius 3 is 2.35 bits per heavy atom. The first-order valence-electron chi connectivity index (χ1n) is 5.58. The third-order valence-electron chi connectivity index (χ3n) is 1.78. The number of Topliss-reactive ketones (excluding diaryl/α,β-unsaturated/α-hetero) is 1. The van der Waals surface area contributed by atoms with E-state index in [0.717, 1.165) is 0 Å². The molecule has 0 aromatic heterocycles. The summed E-state index contributed by atoms with van der Waals surface area (Å²) < 4.78 is 4.67. The second-order valence-electron chi connectivity index (χ2n) is 2.88. The third kappa shape index (κ3) is 5.50. The molecule has 0 aliphatic carbocycles. The maximum Gasteiger partial charge on any atom is 0.313 e. The largest absolute Gasteiger partial charge is 0.466 e. The van der Waals surface area contributed by atoms with E-state index < -0.39 is 5.97 Å². The van der Waals surface area contributed by atoms with Gasteiger partial charge in [-0.25, -0.2) is 0 Å². The first-order valence-corrected chi connectivity index (χ1v) is 5.96. The summed E-state index contributed by atoms with van der Waals surface area (Å²) in [6.45, 7) is 5.96. The highest BCUT2D eigenvalue weighted by atomic mass is 35.5. The minimum absolute atomic E-state index is 0.266. The molecule has 0 radical (unpaired) electrons. The first-order chi connectivity index (χ1) is 8.15. The van der Waals surface area contributed by atoms with Crippen molar-refractivity contribution in [2.24, 2.45) is 0 Å². The van der Waals surface area contributed by atoms with Gasteiger partial charge in [-0.3, -0.25) is 9.59 Å². The Morgan fingerprint density at radius 2 is 1.82 bits per heavy atom. The molecule has 0 aliphatic heterocycles. The van der Waals surface area contributed by atoms with Gasteiger partial charge in [-0.1, -0.05) is 37.6 Å². The van der Waals surface area contributed by atoms with Crippen LogP contribution in [0.3, 0.4) is 0 Å². The quantitative estimate of drug-likeness (QED) is 0.470. The monoisotopic (exact) mass is 256 g/mol.